The first-order valence-electron chi connectivity index (χ1n) is 6.06. The van der Waals surface area contributed by atoms with Gasteiger partial charge in [0.05, 0.1) is 0 Å². The van der Waals surface area contributed by atoms with E-state index in [-0.39, 0.29) is 11.9 Å². The topological polar surface area (TPSA) is 80.9 Å². The third-order valence-corrected chi connectivity index (χ3v) is 3.41. The Bertz CT molecular complexity index is 541. The largest absolute Gasteiger partial charge is 0.324 e. The first-order chi connectivity index (χ1) is 9.15. The Hall–Kier alpha value is -1.79. The lowest BCUT2D eigenvalue weighted by atomic mass is 10.0. The van der Waals surface area contributed by atoms with Crippen molar-refractivity contribution in [2.75, 3.05) is 5.32 Å². The Morgan fingerprint density at radius 3 is 2.79 bits per heavy atom. The third kappa shape index (κ3) is 4.11. The van der Waals surface area contributed by atoms with Crippen molar-refractivity contribution >= 4 is 22.6 Å². The summed E-state index contributed by atoms with van der Waals surface area (Å²) in [5, 5.41) is 3.26. The highest BCUT2D eigenvalue weighted by Gasteiger charge is 2.10. The summed E-state index contributed by atoms with van der Waals surface area (Å²) in [6, 6.07) is 9.65. The number of hydrogen-bond acceptors (Lipinski definition) is 5. The van der Waals surface area contributed by atoms with Crippen molar-refractivity contribution in [3.05, 3.63) is 41.7 Å². The van der Waals surface area contributed by atoms with Gasteiger partial charge in [0.2, 0.25) is 11.0 Å². The molecule has 3 N–H and O–H groups in total. The lowest BCUT2D eigenvalue weighted by Gasteiger charge is -2.11. The van der Waals surface area contributed by atoms with Crippen LogP contribution in [0.3, 0.4) is 0 Å². The molecule has 100 valence electrons. The molecule has 1 amide bonds. The van der Waals surface area contributed by atoms with Crippen molar-refractivity contribution in [2.24, 2.45) is 5.73 Å². The fraction of sp³-hybridized carbons (Fsp3) is 0.308. The Morgan fingerprint density at radius 1 is 1.42 bits per heavy atom. The van der Waals surface area contributed by atoms with Crippen LogP contribution < -0.4 is 11.1 Å². The molecule has 0 saturated carbocycles. The molecule has 5 nitrogen and oxygen atoms in total. The van der Waals surface area contributed by atoms with Crippen molar-refractivity contribution in [3.8, 4) is 0 Å². The third-order valence-electron chi connectivity index (χ3n) is 2.68. The monoisotopic (exact) mass is 276 g/mol. The van der Waals surface area contributed by atoms with Crippen LogP contribution in [0.4, 0.5) is 5.13 Å². The highest BCUT2D eigenvalue weighted by molar-refractivity contribution is 7.09. The Labute approximate surface area is 116 Å². The van der Waals surface area contributed by atoms with E-state index >= 15 is 0 Å². The van der Waals surface area contributed by atoms with Crippen LogP contribution in [0.5, 0.6) is 0 Å². The number of rotatable bonds is 5. The number of aryl methyl sites for hydroxylation is 1. The summed E-state index contributed by atoms with van der Waals surface area (Å²) >= 11 is 1.18. The summed E-state index contributed by atoms with van der Waals surface area (Å²) < 4.78 is 4.00. The summed E-state index contributed by atoms with van der Waals surface area (Å²) in [6.45, 7) is 1.79. The summed E-state index contributed by atoms with van der Waals surface area (Å²) in [7, 11) is 0. The van der Waals surface area contributed by atoms with Gasteiger partial charge in [0.15, 0.2) is 0 Å². The minimum atomic E-state index is -0.122. The van der Waals surface area contributed by atoms with Gasteiger partial charge in [-0.3, -0.25) is 4.79 Å². The molecule has 0 aliphatic rings. The van der Waals surface area contributed by atoms with E-state index in [0.29, 0.717) is 23.8 Å². The van der Waals surface area contributed by atoms with E-state index in [1.807, 2.05) is 30.3 Å². The predicted molar refractivity (Wildman–Crippen MR) is 75.9 cm³/mol. The molecule has 0 bridgehead atoms. The number of benzene rings is 1. The molecule has 0 aliphatic heterocycles. The maximum atomic E-state index is 11.7. The molecule has 1 heterocycles. The second-order valence-electron chi connectivity index (χ2n) is 4.25. The van der Waals surface area contributed by atoms with Crippen molar-refractivity contribution in [2.45, 2.75) is 25.8 Å². The molecule has 1 atom stereocenters. The van der Waals surface area contributed by atoms with Gasteiger partial charge in [0.1, 0.15) is 5.82 Å². The van der Waals surface area contributed by atoms with Gasteiger partial charge in [-0.25, -0.2) is 4.98 Å². The first kappa shape index (κ1) is 13.6. The minimum absolute atomic E-state index is 0.0810. The van der Waals surface area contributed by atoms with Crippen LogP contribution in [0.25, 0.3) is 0 Å². The standard InChI is InChI=1S/C13H16N4OS/c1-9-15-13(19-17-9)16-12(18)8-7-11(14)10-5-3-2-4-6-10/h2-6,11H,7-8,14H2,1H3,(H,15,16,17,18). The molecule has 2 rings (SSSR count). The molecular weight excluding hydrogens is 260 g/mol. The second kappa shape index (κ2) is 6.40. The maximum absolute atomic E-state index is 11.7. The number of carbonyl (C=O) groups is 1. The van der Waals surface area contributed by atoms with Gasteiger partial charge in [-0.15, -0.1) is 0 Å². The smallest absolute Gasteiger partial charge is 0.226 e. The zero-order valence-electron chi connectivity index (χ0n) is 10.7. The Balaban J connectivity index is 1.80. The van der Waals surface area contributed by atoms with E-state index < -0.39 is 0 Å². The Kier molecular flexibility index (Phi) is 4.59. The number of anilines is 1. The number of amides is 1. The van der Waals surface area contributed by atoms with Crippen LogP contribution in [0.2, 0.25) is 0 Å². The number of nitrogens with two attached hydrogens (primary N) is 1. The number of hydrogen-bond donors (Lipinski definition) is 2. The van der Waals surface area contributed by atoms with Crippen LogP contribution >= 0.6 is 11.5 Å². The van der Waals surface area contributed by atoms with Crippen LogP contribution in [-0.2, 0) is 4.79 Å². The zero-order valence-corrected chi connectivity index (χ0v) is 11.5. The number of aromatic nitrogens is 2. The highest BCUT2D eigenvalue weighted by atomic mass is 32.1. The van der Waals surface area contributed by atoms with Crippen molar-refractivity contribution < 1.29 is 4.79 Å². The fourth-order valence-corrected chi connectivity index (χ4v) is 2.27. The molecule has 0 spiro atoms. The minimum Gasteiger partial charge on any atom is -0.324 e. The molecule has 1 aromatic carbocycles. The molecule has 0 saturated heterocycles. The summed E-state index contributed by atoms with van der Waals surface area (Å²) in [6.07, 6.45) is 0.975. The van der Waals surface area contributed by atoms with Crippen molar-refractivity contribution in [1.82, 2.24) is 9.36 Å². The zero-order chi connectivity index (χ0) is 13.7. The molecule has 0 aliphatic carbocycles. The number of nitrogens with zero attached hydrogens (tertiary/aromatic N) is 2. The second-order valence-corrected chi connectivity index (χ2v) is 5.00. The maximum Gasteiger partial charge on any atom is 0.226 e. The van der Waals surface area contributed by atoms with Gasteiger partial charge < -0.3 is 11.1 Å². The average molecular weight is 276 g/mol. The van der Waals surface area contributed by atoms with Gasteiger partial charge in [-0.2, -0.15) is 4.37 Å². The van der Waals surface area contributed by atoms with Crippen LogP contribution in [0.15, 0.2) is 30.3 Å². The SMILES string of the molecule is Cc1nsc(NC(=O)CCC(N)c2ccccc2)n1. The van der Waals surface area contributed by atoms with E-state index in [1.165, 1.54) is 11.5 Å². The molecular formula is C13H16N4OS. The molecule has 2 aromatic rings. The fourth-order valence-electron chi connectivity index (χ4n) is 1.68. The molecule has 0 radical (unpaired) electrons. The van der Waals surface area contributed by atoms with Gasteiger partial charge >= 0.3 is 0 Å². The van der Waals surface area contributed by atoms with Crippen LogP contribution in [0.1, 0.15) is 30.3 Å². The van der Waals surface area contributed by atoms with Crippen LogP contribution in [0, 0.1) is 6.92 Å². The first-order valence-corrected chi connectivity index (χ1v) is 6.83. The number of nitrogens with one attached hydrogen (secondary N) is 1. The average Bonchev–Trinajstić information content (AvgIpc) is 2.82. The van der Waals surface area contributed by atoms with E-state index in [9.17, 15) is 4.79 Å². The Morgan fingerprint density at radius 2 is 2.16 bits per heavy atom. The lowest BCUT2D eigenvalue weighted by Crippen LogP contribution is -2.16. The lowest BCUT2D eigenvalue weighted by molar-refractivity contribution is -0.116. The quantitative estimate of drug-likeness (QED) is 0.877. The molecule has 19 heavy (non-hydrogen) atoms. The van der Waals surface area contributed by atoms with E-state index in [4.69, 9.17) is 5.73 Å². The van der Waals surface area contributed by atoms with Crippen molar-refractivity contribution in [1.29, 1.82) is 0 Å². The van der Waals surface area contributed by atoms with Gasteiger partial charge in [0, 0.05) is 24.0 Å². The predicted octanol–water partition coefficient (Wildman–Crippen LogP) is 2.27. The molecule has 1 unspecified atom stereocenters. The van der Waals surface area contributed by atoms with E-state index in [2.05, 4.69) is 14.7 Å². The molecule has 6 heteroatoms. The normalized spacial score (nSPS) is 12.1. The van der Waals surface area contributed by atoms with Gasteiger partial charge in [-0.05, 0) is 18.9 Å². The number of carbonyl (C=O) groups excluding carboxylic acids is 1. The van der Waals surface area contributed by atoms with E-state index in [0.717, 1.165) is 5.56 Å². The molecule has 1 aromatic heterocycles. The van der Waals surface area contributed by atoms with E-state index in [1.54, 1.807) is 6.92 Å². The highest BCUT2D eigenvalue weighted by Crippen LogP contribution is 2.16. The van der Waals surface area contributed by atoms with Crippen molar-refractivity contribution in [3.63, 3.8) is 0 Å². The molecule has 0 fully saturated rings. The van der Waals surface area contributed by atoms with Crippen LogP contribution in [-0.4, -0.2) is 15.3 Å². The summed E-state index contributed by atoms with van der Waals surface area (Å²) in [5.41, 5.74) is 7.08. The van der Waals surface area contributed by atoms with Gasteiger partial charge in [0.25, 0.3) is 0 Å². The van der Waals surface area contributed by atoms with Gasteiger partial charge in [-0.1, -0.05) is 30.3 Å². The summed E-state index contributed by atoms with van der Waals surface area (Å²) in [4.78, 5) is 15.8. The summed E-state index contributed by atoms with van der Waals surface area (Å²) in [5.74, 6) is 0.587.